The van der Waals surface area contributed by atoms with E-state index >= 15 is 0 Å². The highest BCUT2D eigenvalue weighted by Crippen LogP contribution is 2.42. The second-order valence-electron chi connectivity index (χ2n) is 5.15. The Labute approximate surface area is 114 Å². The molecule has 0 heterocycles. The van der Waals surface area contributed by atoms with Crippen molar-refractivity contribution in [2.24, 2.45) is 5.92 Å². The third-order valence-electron chi connectivity index (χ3n) is 3.31. The number of rotatable bonds is 6. The summed E-state index contributed by atoms with van der Waals surface area (Å²) in [6, 6.07) is 9.69. The number of sulfone groups is 1. The van der Waals surface area contributed by atoms with Gasteiger partial charge in [-0.3, -0.25) is 4.79 Å². The number of hydrogen-bond donors (Lipinski definition) is 1. The topological polar surface area (TPSA) is 63.2 Å². The second-order valence-corrected chi connectivity index (χ2v) is 7.41. The van der Waals surface area contributed by atoms with E-state index in [9.17, 15) is 13.2 Å². The first kappa shape index (κ1) is 14.1. The molecule has 1 atom stereocenters. The van der Waals surface area contributed by atoms with E-state index < -0.39 is 9.84 Å². The summed E-state index contributed by atoms with van der Waals surface area (Å²) < 4.78 is 22.1. The van der Waals surface area contributed by atoms with E-state index in [1.807, 2.05) is 30.3 Å². The van der Waals surface area contributed by atoms with Crippen LogP contribution in [0.5, 0.6) is 0 Å². The lowest BCUT2D eigenvalue weighted by Crippen LogP contribution is -2.33. The summed E-state index contributed by atoms with van der Waals surface area (Å²) in [5.74, 6) is 0.198. The fourth-order valence-electron chi connectivity index (χ4n) is 2.20. The van der Waals surface area contributed by atoms with Crippen LogP contribution in [0.25, 0.3) is 0 Å². The fourth-order valence-corrected chi connectivity index (χ4v) is 2.67. The zero-order valence-corrected chi connectivity index (χ0v) is 11.8. The minimum absolute atomic E-state index is 0.00901. The van der Waals surface area contributed by atoms with E-state index in [0.29, 0.717) is 5.92 Å². The SMILES string of the molecule is CS(=O)(=O)CCNC(=O)C(c1ccccc1)C1CC1. The van der Waals surface area contributed by atoms with Crippen molar-refractivity contribution in [1.82, 2.24) is 5.32 Å². The predicted molar refractivity (Wildman–Crippen MR) is 74.6 cm³/mol. The highest BCUT2D eigenvalue weighted by molar-refractivity contribution is 7.90. The van der Waals surface area contributed by atoms with Gasteiger partial charge in [0.2, 0.25) is 5.91 Å². The molecule has 1 unspecified atom stereocenters. The number of amides is 1. The van der Waals surface area contributed by atoms with Gasteiger partial charge in [-0.05, 0) is 24.3 Å². The third kappa shape index (κ3) is 4.35. The van der Waals surface area contributed by atoms with E-state index in [0.717, 1.165) is 18.4 Å². The van der Waals surface area contributed by atoms with E-state index in [-0.39, 0.29) is 24.1 Å². The monoisotopic (exact) mass is 281 g/mol. The maximum Gasteiger partial charge on any atom is 0.227 e. The molecule has 1 fully saturated rings. The smallest absolute Gasteiger partial charge is 0.227 e. The molecule has 1 aromatic carbocycles. The fraction of sp³-hybridized carbons (Fsp3) is 0.500. The Bertz CT molecular complexity index is 535. The molecule has 1 amide bonds. The molecular weight excluding hydrogens is 262 g/mol. The molecule has 4 nitrogen and oxygen atoms in total. The van der Waals surface area contributed by atoms with Gasteiger partial charge in [0.1, 0.15) is 9.84 Å². The van der Waals surface area contributed by atoms with Crippen LogP contribution in [0.1, 0.15) is 24.3 Å². The summed E-state index contributed by atoms with van der Waals surface area (Å²) in [5.41, 5.74) is 1.02. The minimum Gasteiger partial charge on any atom is -0.355 e. The van der Waals surface area contributed by atoms with E-state index in [1.165, 1.54) is 6.26 Å². The molecule has 1 aliphatic rings. The molecule has 0 radical (unpaired) electrons. The zero-order valence-electron chi connectivity index (χ0n) is 11.0. The van der Waals surface area contributed by atoms with Crippen LogP contribution in [0.4, 0.5) is 0 Å². The predicted octanol–water partition coefficient (Wildman–Crippen LogP) is 1.34. The molecule has 2 rings (SSSR count). The molecule has 1 aliphatic carbocycles. The van der Waals surface area contributed by atoms with Crippen molar-refractivity contribution < 1.29 is 13.2 Å². The summed E-state index contributed by atoms with van der Waals surface area (Å²) in [5, 5.41) is 2.74. The Morgan fingerprint density at radius 2 is 1.95 bits per heavy atom. The van der Waals surface area contributed by atoms with Gasteiger partial charge < -0.3 is 5.32 Å². The molecular formula is C14H19NO3S. The summed E-state index contributed by atoms with van der Waals surface area (Å²) >= 11 is 0. The van der Waals surface area contributed by atoms with Gasteiger partial charge in [-0.25, -0.2) is 8.42 Å². The lowest BCUT2D eigenvalue weighted by atomic mass is 9.93. The van der Waals surface area contributed by atoms with Crippen LogP contribution >= 0.6 is 0 Å². The summed E-state index contributed by atoms with van der Waals surface area (Å²) in [6.45, 7) is 0.188. The Morgan fingerprint density at radius 3 is 2.47 bits per heavy atom. The minimum atomic E-state index is -3.03. The Kier molecular flexibility index (Phi) is 4.24. The zero-order chi connectivity index (χ0) is 13.9. The van der Waals surface area contributed by atoms with Crippen LogP contribution in [0.3, 0.4) is 0 Å². The molecule has 0 spiro atoms. The highest BCUT2D eigenvalue weighted by Gasteiger charge is 2.36. The van der Waals surface area contributed by atoms with Crippen LogP contribution in [-0.4, -0.2) is 32.9 Å². The van der Waals surface area contributed by atoms with Crippen molar-refractivity contribution >= 4 is 15.7 Å². The standard InChI is InChI=1S/C14H19NO3S/c1-19(17,18)10-9-15-14(16)13(12-7-8-12)11-5-3-2-4-6-11/h2-6,12-13H,7-10H2,1H3,(H,15,16). The molecule has 19 heavy (non-hydrogen) atoms. The van der Waals surface area contributed by atoms with Crippen LogP contribution in [0.15, 0.2) is 30.3 Å². The molecule has 104 valence electrons. The maximum atomic E-state index is 12.2. The van der Waals surface area contributed by atoms with Crippen LogP contribution in [-0.2, 0) is 14.6 Å². The first-order valence-corrected chi connectivity index (χ1v) is 8.54. The summed E-state index contributed by atoms with van der Waals surface area (Å²) in [6.07, 6.45) is 3.31. The highest BCUT2D eigenvalue weighted by atomic mass is 32.2. The molecule has 0 bridgehead atoms. The number of carbonyl (C=O) groups is 1. The largest absolute Gasteiger partial charge is 0.355 e. The molecule has 1 saturated carbocycles. The van der Waals surface area contributed by atoms with Crippen LogP contribution < -0.4 is 5.32 Å². The van der Waals surface area contributed by atoms with Crippen molar-refractivity contribution in [2.75, 3.05) is 18.6 Å². The first-order chi connectivity index (χ1) is 8.97. The van der Waals surface area contributed by atoms with Crippen molar-refractivity contribution in [1.29, 1.82) is 0 Å². The van der Waals surface area contributed by atoms with Crippen LogP contribution in [0, 0.1) is 5.92 Å². The molecule has 5 heteroatoms. The first-order valence-electron chi connectivity index (χ1n) is 6.48. The third-order valence-corrected chi connectivity index (χ3v) is 4.25. The van der Waals surface area contributed by atoms with Gasteiger partial charge in [0, 0.05) is 12.8 Å². The van der Waals surface area contributed by atoms with Crippen molar-refractivity contribution in [3.8, 4) is 0 Å². The van der Waals surface area contributed by atoms with E-state index in [2.05, 4.69) is 5.32 Å². The Morgan fingerprint density at radius 1 is 1.32 bits per heavy atom. The van der Waals surface area contributed by atoms with E-state index in [4.69, 9.17) is 0 Å². The summed E-state index contributed by atoms with van der Waals surface area (Å²) in [7, 11) is -3.03. The Hall–Kier alpha value is -1.36. The van der Waals surface area contributed by atoms with Crippen molar-refractivity contribution in [2.45, 2.75) is 18.8 Å². The normalized spacial score (nSPS) is 16.9. The van der Waals surface area contributed by atoms with Gasteiger partial charge in [0.25, 0.3) is 0 Å². The number of hydrogen-bond acceptors (Lipinski definition) is 3. The molecule has 0 aromatic heterocycles. The molecule has 1 N–H and O–H groups in total. The van der Waals surface area contributed by atoms with Gasteiger partial charge in [0.15, 0.2) is 0 Å². The lowest BCUT2D eigenvalue weighted by Gasteiger charge is -2.16. The lowest BCUT2D eigenvalue weighted by molar-refractivity contribution is -0.122. The molecule has 0 saturated heterocycles. The number of carbonyl (C=O) groups excluding carboxylic acids is 1. The summed E-state index contributed by atoms with van der Waals surface area (Å²) in [4.78, 5) is 12.2. The van der Waals surface area contributed by atoms with Gasteiger partial charge in [-0.15, -0.1) is 0 Å². The van der Waals surface area contributed by atoms with Crippen LogP contribution in [0.2, 0.25) is 0 Å². The van der Waals surface area contributed by atoms with Crippen molar-refractivity contribution in [3.05, 3.63) is 35.9 Å². The van der Waals surface area contributed by atoms with E-state index in [1.54, 1.807) is 0 Å². The number of benzene rings is 1. The average Bonchev–Trinajstić information content (AvgIpc) is 3.13. The average molecular weight is 281 g/mol. The van der Waals surface area contributed by atoms with Gasteiger partial charge in [-0.2, -0.15) is 0 Å². The van der Waals surface area contributed by atoms with Crippen molar-refractivity contribution in [3.63, 3.8) is 0 Å². The van der Waals surface area contributed by atoms with Gasteiger partial charge in [0.05, 0.1) is 11.7 Å². The molecule has 0 aliphatic heterocycles. The second kappa shape index (κ2) is 5.74. The number of nitrogens with one attached hydrogen (secondary N) is 1. The quantitative estimate of drug-likeness (QED) is 0.856. The maximum absolute atomic E-state index is 12.2. The Balaban J connectivity index is 1.98. The van der Waals surface area contributed by atoms with Gasteiger partial charge >= 0.3 is 0 Å². The molecule has 1 aromatic rings. The van der Waals surface area contributed by atoms with Gasteiger partial charge in [-0.1, -0.05) is 30.3 Å².